The van der Waals surface area contributed by atoms with Crippen LogP contribution in [0.3, 0.4) is 0 Å². The Hall–Kier alpha value is -0.113. The van der Waals surface area contributed by atoms with E-state index in [1.54, 1.807) is 0 Å². The molecule has 0 saturated heterocycles. The Kier molecular flexibility index (Phi) is 3.12. The van der Waals surface area contributed by atoms with E-state index in [1.807, 2.05) is 0 Å². The summed E-state index contributed by atoms with van der Waals surface area (Å²) in [5.74, 6) is 0. The van der Waals surface area contributed by atoms with Gasteiger partial charge in [-0.3, -0.25) is 0 Å². The molecule has 9 heavy (non-hydrogen) atoms. The molecule has 2 heteroatoms. The summed E-state index contributed by atoms with van der Waals surface area (Å²) < 4.78 is 2.27. The molecular weight excluding hydrogens is 126 g/mol. The molecule has 0 bridgehead atoms. The minimum Gasteiger partial charge on any atom is -0.247 e. The van der Waals surface area contributed by atoms with Crippen LogP contribution in [0.25, 0.3) is 0 Å². The molecule has 54 valence electrons. The summed E-state index contributed by atoms with van der Waals surface area (Å²) >= 11 is 0. The van der Waals surface area contributed by atoms with E-state index in [-0.39, 0.29) is 0 Å². The Bertz CT molecular complexity index is 111. The van der Waals surface area contributed by atoms with Gasteiger partial charge in [0.15, 0.2) is 0 Å². The van der Waals surface area contributed by atoms with Gasteiger partial charge >= 0.3 is 0 Å². The fourth-order valence-electron chi connectivity index (χ4n) is 0.839. The van der Waals surface area contributed by atoms with E-state index in [4.69, 9.17) is 0 Å². The first kappa shape index (κ1) is 8.89. The highest BCUT2D eigenvalue weighted by Crippen LogP contribution is 1.98. The van der Waals surface area contributed by atoms with Crippen molar-refractivity contribution in [2.45, 2.75) is 26.6 Å². The molecule has 0 heterocycles. The molecule has 0 unspecified atom stereocenters. The van der Waals surface area contributed by atoms with Gasteiger partial charge in [0, 0.05) is 6.92 Å². The van der Waals surface area contributed by atoms with E-state index < -0.39 is 8.07 Å². The molecular formula is C7H18NSi+. The SMILES string of the molecule is C/C=[N+](\C)C[Si](C)(C)C. The summed E-state index contributed by atoms with van der Waals surface area (Å²) in [7, 11) is 1.29. The van der Waals surface area contributed by atoms with Gasteiger partial charge in [-0.05, 0) is 0 Å². The van der Waals surface area contributed by atoms with E-state index in [9.17, 15) is 0 Å². The molecule has 0 aliphatic rings. The zero-order chi connectivity index (χ0) is 7.49. The van der Waals surface area contributed by atoms with Crippen molar-refractivity contribution in [2.75, 3.05) is 13.2 Å². The molecule has 0 aliphatic heterocycles. The normalized spacial score (nSPS) is 14.1. The predicted octanol–water partition coefficient (Wildman–Crippen LogP) is 1.60. The van der Waals surface area contributed by atoms with Crippen molar-refractivity contribution in [2.24, 2.45) is 0 Å². The lowest BCUT2D eigenvalue weighted by molar-refractivity contribution is -0.475. The monoisotopic (exact) mass is 144 g/mol. The van der Waals surface area contributed by atoms with E-state index in [0.717, 1.165) is 0 Å². The van der Waals surface area contributed by atoms with Crippen LogP contribution in [0.5, 0.6) is 0 Å². The Balaban J connectivity index is 3.75. The molecule has 0 spiro atoms. The fraction of sp³-hybridized carbons (Fsp3) is 0.857. The lowest BCUT2D eigenvalue weighted by atomic mass is 10.8. The Labute approximate surface area is 59.4 Å². The highest BCUT2D eigenvalue weighted by molar-refractivity contribution is 6.75. The zero-order valence-corrected chi connectivity index (χ0v) is 8.23. The van der Waals surface area contributed by atoms with Crippen molar-refractivity contribution < 1.29 is 4.58 Å². The molecule has 0 radical (unpaired) electrons. The number of rotatable bonds is 2. The molecule has 1 nitrogen and oxygen atoms in total. The van der Waals surface area contributed by atoms with Crippen LogP contribution < -0.4 is 0 Å². The van der Waals surface area contributed by atoms with Crippen LogP contribution in [0.4, 0.5) is 0 Å². The van der Waals surface area contributed by atoms with Gasteiger partial charge in [0.25, 0.3) is 0 Å². The molecule has 0 amide bonds. The zero-order valence-electron chi connectivity index (χ0n) is 7.23. The average molecular weight is 144 g/mol. The molecule has 0 aromatic heterocycles. The molecule has 0 fully saturated rings. The highest BCUT2D eigenvalue weighted by Gasteiger charge is 2.17. The van der Waals surface area contributed by atoms with Crippen LogP contribution in [0.15, 0.2) is 0 Å². The van der Waals surface area contributed by atoms with Gasteiger partial charge in [-0.25, -0.2) is 4.58 Å². The number of hydrogen-bond donors (Lipinski definition) is 0. The molecule has 0 N–H and O–H groups in total. The second-order valence-electron chi connectivity index (χ2n) is 3.73. The van der Waals surface area contributed by atoms with Crippen molar-refractivity contribution in [1.82, 2.24) is 0 Å². The maximum atomic E-state index is 2.38. The maximum absolute atomic E-state index is 2.38. The third-order valence-corrected chi connectivity index (χ3v) is 2.61. The minimum atomic E-state index is -0.847. The minimum absolute atomic E-state index is 0.847. The first-order chi connectivity index (χ1) is 3.95. The maximum Gasteiger partial charge on any atom is 0.135 e. The Morgan fingerprint density at radius 2 is 1.78 bits per heavy atom. The average Bonchev–Trinajstić information content (AvgIpc) is 1.62. The quantitative estimate of drug-likeness (QED) is 0.315. The first-order valence-electron chi connectivity index (χ1n) is 3.45. The van der Waals surface area contributed by atoms with Crippen LogP contribution >= 0.6 is 0 Å². The van der Waals surface area contributed by atoms with E-state index in [2.05, 4.69) is 44.4 Å². The smallest absolute Gasteiger partial charge is 0.135 e. The van der Waals surface area contributed by atoms with Gasteiger partial charge in [0.05, 0.1) is 0 Å². The topological polar surface area (TPSA) is 3.01 Å². The second-order valence-corrected chi connectivity index (χ2v) is 9.17. The van der Waals surface area contributed by atoms with Gasteiger partial charge in [0.2, 0.25) is 0 Å². The fourth-order valence-corrected chi connectivity index (χ4v) is 2.52. The summed E-state index contributed by atoms with van der Waals surface area (Å²) in [5, 5.41) is 0. The summed E-state index contributed by atoms with van der Waals surface area (Å²) in [4.78, 5) is 0. The lowest BCUT2D eigenvalue weighted by Gasteiger charge is -2.10. The number of nitrogens with zero attached hydrogens (tertiary/aromatic N) is 1. The molecule has 0 aromatic carbocycles. The van der Waals surface area contributed by atoms with Crippen molar-refractivity contribution in [3.8, 4) is 0 Å². The van der Waals surface area contributed by atoms with Gasteiger partial charge < -0.3 is 0 Å². The molecule has 0 rings (SSSR count). The molecule has 0 atom stereocenters. The summed E-state index contributed by atoms with van der Waals surface area (Å²) in [5.41, 5.74) is 0. The van der Waals surface area contributed by atoms with Gasteiger partial charge in [-0.1, -0.05) is 19.6 Å². The van der Waals surface area contributed by atoms with Gasteiger partial charge in [-0.2, -0.15) is 0 Å². The molecule has 0 saturated carbocycles. The third kappa shape index (κ3) is 5.76. The van der Waals surface area contributed by atoms with Gasteiger partial charge in [0.1, 0.15) is 27.5 Å². The first-order valence-corrected chi connectivity index (χ1v) is 7.16. The van der Waals surface area contributed by atoms with Crippen molar-refractivity contribution >= 4 is 14.3 Å². The van der Waals surface area contributed by atoms with E-state index in [1.165, 1.54) is 6.17 Å². The van der Waals surface area contributed by atoms with E-state index >= 15 is 0 Å². The van der Waals surface area contributed by atoms with Crippen LogP contribution in [0.2, 0.25) is 19.6 Å². The van der Waals surface area contributed by atoms with Crippen molar-refractivity contribution in [3.63, 3.8) is 0 Å². The van der Waals surface area contributed by atoms with Crippen LogP contribution in [-0.2, 0) is 0 Å². The summed E-state index contributed by atoms with van der Waals surface area (Å²) in [6, 6.07) is 0. The largest absolute Gasteiger partial charge is 0.247 e. The highest BCUT2D eigenvalue weighted by atomic mass is 28.3. The van der Waals surface area contributed by atoms with E-state index in [0.29, 0.717) is 0 Å². The third-order valence-electron chi connectivity index (χ3n) is 1.16. The van der Waals surface area contributed by atoms with Crippen molar-refractivity contribution in [1.29, 1.82) is 0 Å². The number of hydrogen-bond acceptors (Lipinski definition) is 0. The second kappa shape index (κ2) is 3.16. The van der Waals surface area contributed by atoms with Gasteiger partial charge in [-0.15, -0.1) is 0 Å². The van der Waals surface area contributed by atoms with Crippen LogP contribution in [0, 0.1) is 0 Å². The van der Waals surface area contributed by atoms with Crippen LogP contribution in [-0.4, -0.2) is 32.1 Å². The molecule has 0 aromatic rings. The van der Waals surface area contributed by atoms with Crippen LogP contribution in [0.1, 0.15) is 6.92 Å². The lowest BCUT2D eigenvalue weighted by Crippen LogP contribution is -2.33. The molecule has 0 aliphatic carbocycles. The Morgan fingerprint density at radius 3 is 1.89 bits per heavy atom. The summed E-state index contributed by atoms with van der Waals surface area (Å²) in [6.07, 6.45) is 3.40. The standard InChI is InChI=1S/C7H18NSi/c1-6-8(2)7-9(3,4)5/h6H,7H2,1-5H3/q+1/b8-6+. The summed E-state index contributed by atoms with van der Waals surface area (Å²) in [6.45, 7) is 9.23. The Morgan fingerprint density at radius 1 is 1.33 bits per heavy atom. The van der Waals surface area contributed by atoms with Crippen molar-refractivity contribution in [3.05, 3.63) is 0 Å². The predicted molar refractivity (Wildman–Crippen MR) is 46.1 cm³/mol.